The number of hydrogen-bond donors (Lipinski definition) is 0. The van der Waals surface area contributed by atoms with E-state index in [1.54, 1.807) is 0 Å². The van der Waals surface area contributed by atoms with Crippen LogP contribution in [0.5, 0.6) is 0 Å². The zero-order valence-electron chi connectivity index (χ0n) is 13.8. The van der Waals surface area contributed by atoms with Gasteiger partial charge in [-0.3, -0.25) is 14.6 Å². The van der Waals surface area contributed by atoms with E-state index in [2.05, 4.69) is 9.80 Å². The summed E-state index contributed by atoms with van der Waals surface area (Å²) in [5.74, 6) is 0.291. The molecule has 0 unspecified atom stereocenters. The lowest BCUT2D eigenvalue weighted by Crippen LogP contribution is -2.52. The first-order valence-electron chi connectivity index (χ1n) is 9.15. The molecule has 3 fully saturated rings. The van der Waals surface area contributed by atoms with Crippen LogP contribution < -0.4 is 0 Å². The lowest BCUT2D eigenvalue weighted by Gasteiger charge is -2.39. The van der Waals surface area contributed by atoms with Crippen molar-refractivity contribution in [2.45, 2.75) is 44.6 Å². The minimum absolute atomic E-state index is 0.291. The molecular weight excluding hydrogens is 278 g/mol. The fourth-order valence-electron chi connectivity index (χ4n) is 4.04. The van der Waals surface area contributed by atoms with Gasteiger partial charge in [-0.25, -0.2) is 0 Å². The summed E-state index contributed by atoms with van der Waals surface area (Å²) in [5.41, 5.74) is 0. The molecule has 3 saturated heterocycles. The van der Waals surface area contributed by atoms with Gasteiger partial charge in [0.2, 0.25) is 5.91 Å². The van der Waals surface area contributed by atoms with Crippen LogP contribution >= 0.6 is 0 Å². The molecule has 0 aromatic carbocycles. The minimum atomic E-state index is 0.291. The molecule has 1 atom stereocenters. The van der Waals surface area contributed by atoms with Gasteiger partial charge in [0.25, 0.3) is 0 Å². The van der Waals surface area contributed by atoms with E-state index in [-0.39, 0.29) is 0 Å². The van der Waals surface area contributed by atoms with Crippen LogP contribution in [-0.4, -0.2) is 85.7 Å². The number of rotatable bonds is 3. The Morgan fingerprint density at radius 1 is 0.909 bits per heavy atom. The van der Waals surface area contributed by atoms with Gasteiger partial charge in [0.05, 0.1) is 19.8 Å². The molecule has 0 spiro atoms. The molecule has 3 heterocycles. The Morgan fingerprint density at radius 3 is 2.36 bits per heavy atom. The molecule has 5 nitrogen and oxygen atoms in total. The minimum Gasteiger partial charge on any atom is -0.378 e. The molecule has 22 heavy (non-hydrogen) atoms. The number of carbonyl (C=O) groups excluding carboxylic acids is 1. The maximum absolute atomic E-state index is 12.4. The number of likely N-dealkylation sites (tertiary alicyclic amines) is 2. The summed E-state index contributed by atoms with van der Waals surface area (Å²) in [4.78, 5) is 19.5. The molecule has 3 rings (SSSR count). The third-order valence-corrected chi connectivity index (χ3v) is 5.36. The molecule has 0 radical (unpaired) electrons. The van der Waals surface area contributed by atoms with E-state index in [1.165, 1.54) is 51.6 Å². The average Bonchev–Trinajstić information content (AvgIpc) is 2.85. The summed E-state index contributed by atoms with van der Waals surface area (Å²) in [6.45, 7) is 8.21. The van der Waals surface area contributed by atoms with E-state index in [4.69, 9.17) is 4.74 Å². The van der Waals surface area contributed by atoms with Crippen molar-refractivity contribution in [3.05, 3.63) is 0 Å². The SMILES string of the molecule is O=C(CN1CCC[C@H](N2CCCCCC2)C1)N1CCOCC1. The molecule has 0 aromatic heterocycles. The summed E-state index contributed by atoms with van der Waals surface area (Å²) < 4.78 is 5.33. The highest BCUT2D eigenvalue weighted by atomic mass is 16.5. The monoisotopic (exact) mass is 309 g/mol. The number of ether oxygens (including phenoxy) is 1. The summed E-state index contributed by atoms with van der Waals surface area (Å²) in [5, 5.41) is 0. The standard InChI is InChI=1S/C17H31N3O2/c21-17(20-10-12-22-13-11-20)15-18-7-5-6-16(14-18)19-8-3-1-2-4-9-19/h16H,1-15H2/t16-/m0/s1. The maximum Gasteiger partial charge on any atom is 0.236 e. The van der Waals surface area contributed by atoms with E-state index >= 15 is 0 Å². The highest BCUT2D eigenvalue weighted by molar-refractivity contribution is 5.78. The van der Waals surface area contributed by atoms with Crippen LogP contribution in [0.4, 0.5) is 0 Å². The Balaban J connectivity index is 1.48. The Labute approximate surface area is 134 Å². The molecule has 5 heteroatoms. The molecule has 1 amide bonds. The molecule has 0 N–H and O–H groups in total. The molecule has 126 valence electrons. The summed E-state index contributed by atoms with van der Waals surface area (Å²) >= 11 is 0. The van der Waals surface area contributed by atoms with Crippen molar-refractivity contribution in [2.75, 3.05) is 59.0 Å². The van der Waals surface area contributed by atoms with Crippen molar-refractivity contribution in [3.63, 3.8) is 0 Å². The van der Waals surface area contributed by atoms with Crippen molar-refractivity contribution < 1.29 is 9.53 Å². The lowest BCUT2D eigenvalue weighted by atomic mass is 10.0. The number of piperidine rings is 1. The first-order valence-corrected chi connectivity index (χ1v) is 9.15. The number of nitrogens with zero attached hydrogens (tertiary/aromatic N) is 3. The van der Waals surface area contributed by atoms with Crippen molar-refractivity contribution in [1.82, 2.24) is 14.7 Å². The topological polar surface area (TPSA) is 36.0 Å². The zero-order valence-corrected chi connectivity index (χ0v) is 13.8. The van der Waals surface area contributed by atoms with Gasteiger partial charge in [-0.05, 0) is 45.3 Å². The zero-order chi connectivity index (χ0) is 15.2. The quantitative estimate of drug-likeness (QED) is 0.784. The van der Waals surface area contributed by atoms with Crippen molar-refractivity contribution >= 4 is 5.91 Å². The number of amides is 1. The lowest BCUT2D eigenvalue weighted by molar-refractivity contribution is -0.137. The Kier molecular flexibility index (Phi) is 6.10. The summed E-state index contributed by atoms with van der Waals surface area (Å²) in [6.07, 6.45) is 8.02. The smallest absolute Gasteiger partial charge is 0.236 e. The Morgan fingerprint density at radius 2 is 1.64 bits per heavy atom. The highest BCUT2D eigenvalue weighted by Crippen LogP contribution is 2.20. The second-order valence-corrected chi connectivity index (χ2v) is 6.97. The van der Waals surface area contributed by atoms with Crippen LogP contribution in [0.3, 0.4) is 0 Å². The highest BCUT2D eigenvalue weighted by Gasteiger charge is 2.28. The van der Waals surface area contributed by atoms with Crippen LogP contribution in [0.15, 0.2) is 0 Å². The molecule has 3 aliphatic heterocycles. The Hall–Kier alpha value is -0.650. The van der Waals surface area contributed by atoms with Crippen LogP contribution in [0, 0.1) is 0 Å². The van der Waals surface area contributed by atoms with Crippen LogP contribution in [0.25, 0.3) is 0 Å². The molecule has 0 saturated carbocycles. The van der Waals surface area contributed by atoms with E-state index in [9.17, 15) is 4.79 Å². The van der Waals surface area contributed by atoms with Crippen molar-refractivity contribution in [3.8, 4) is 0 Å². The average molecular weight is 309 g/mol. The third kappa shape index (κ3) is 4.43. The number of morpholine rings is 1. The van der Waals surface area contributed by atoms with Crippen LogP contribution in [-0.2, 0) is 9.53 Å². The summed E-state index contributed by atoms with van der Waals surface area (Å²) in [7, 11) is 0. The van der Waals surface area contributed by atoms with Gasteiger partial charge >= 0.3 is 0 Å². The van der Waals surface area contributed by atoms with Crippen LogP contribution in [0.2, 0.25) is 0 Å². The first kappa shape index (κ1) is 16.2. The second kappa shape index (κ2) is 8.27. The van der Waals surface area contributed by atoms with Gasteiger partial charge in [0.15, 0.2) is 0 Å². The fourth-order valence-corrected chi connectivity index (χ4v) is 4.04. The van der Waals surface area contributed by atoms with Gasteiger partial charge in [-0.1, -0.05) is 12.8 Å². The van der Waals surface area contributed by atoms with Crippen molar-refractivity contribution in [1.29, 1.82) is 0 Å². The second-order valence-electron chi connectivity index (χ2n) is 6.97. The largest absolute Gasteiger partial charge is 0.378 e. The maximum atomic E-state index is 12.4. The van der Waals surface area contributed by atoms with Gasteiger partial charge in [-0.15, -0.1) is 0 Å². The van der Waals surface area contributed by atoms with Gasteiger partial charge in [-0.2, -0.15) is 0 Å². The molecule has 0 bridgehead atoms. The Bertz CT molecular complexity index is 350. The van der Waals surface area contributed by atoms with Gasteiger partial charge in [0.1, 0.15) is 0 Å². The molecule has 0 aliphatic carbocycles. The normalized spacial score (nSPS) is 29.3. The van der Waals surface area contributed by atoms with E-state index in [0.29, 0.717) is 31.7 Å². The van der Waals surface area contributed by atoms with Crippen LogP contribution in [0.1, 0.15) is 38.5 Å². The third-order valence-electron chi connectivity index (χ3n) is 5.36. The first-order chi connectivity index (χ1) is 10.8. The van der Waals surface area contributed by atoms with E-state index in [0.717, 1.165) is 26.2 Å². The molecular formula is C17H31N3O2. The molecule has 3 aliphatic rings. The molecule has 0 aromatic rings. The predicted octanol–water partition coefficient (Wildman–Crippen LogP) is 1.19. The number of hydrogen-bond acceptors (Lipinski definition) is 4. The fraction of sp³-hybridized carbons (Fsp3) is 0.941. The summed E-state index contributed by atoms with van der Waals surface area (Å²) in [6, 6.07) is 0.671. The van der Waals surface area contributed by atoms with Crippen molar-refractivity contribution in [2.24, 2.45) is 0 Å². The van der Waals surface area contributed by atoms with E-state index in [1.807, 2.05) is 4.90 Å². The number of carbonyl (C=O) groups is 1. The predicted molar refractivity (Wildman–Crippen MR) is 86.9 cm³/mol. The van der Waals surface area contributed by atoms with Gasteiger partial charge < -0.3 is 9.64 Å². The van der Waals surface area contributed by atoms with Gasteiger partial charge in [0, 0.05) is 25.7 Å². The van der Waals surface area contributed by atoms with E-state index < -0.39 is 0 Å².